The minimum absolute atomic E-state index is 0.221. The van der Waals surface area contributed by atoms with Gasteiger partial charge in [-0.1, -0.05) is 18.2 Å². The van der Waals surface area contributed by atoms with Crippen LogP contribution < -0.4 is 4.74 Å². The van der Waals surface area contributed by atoms with Crippen LogP contribution in [0.2, 0.25) is 0 Å². The van der Waals surface area contributed by atoms with E-state index < -0.39 is 0 Å². The number of piperazine rings is 1. The van der Waals surface area contributed by atoms with Gasteiger partial charge in [-0.15, -0.1) is 0 Å². The highest BCUT2D eigenvalue weighted by atomic mass is 16.5. The van der Waals surface area contributed by atoms with Crippen LogP contribution in [0.1, 0.15) is 23.4 Å². The number of hydrogen-bond acceptors (Lipinski definition) is 5. The quantitative estimate of drug-likeness (QED) is 0.827. The molecule has 5 heteroatoms. The Morgan fingerprint density at radius 2 is 1.92 bits per heavy atom. The molecule has 1 N–H and O–H groups in total. The third kappa shape index (κ3) is 5.04. The smallest absolute Gasteiger partial charge is 0.118 e. The van der Waals surface area contributed by atoms with Crippen molar-refractivity contribution in [3.8, 4) is 5.75 Å². The van der Waals surface area contributed by atoms with Gasteiger partial charge in [0.15, 0.2) is 0 Å². The molecular formula is C21H29N3O2. The number of rotatable bonds is 7. The molecule has 0 saturated carbocycles. The fourth-order valence-electron chi connectivity index (χ4n) is 3.62. The van der Waals surface area contributed by atoms with Crippen LogP contribution in [0.4, 0.5) is 0 Å². The van der Waals surface area contributed by atoms with Crippen molar-refractivity contribution in [2.75, 3.05) is 33.4 Å². The molecule has 3 rings (SSSR count). The fraction of sp³-hybridized carbons (Fsp3) is 0.476. The van der Waals surface area contributed by atoms with E-state index in [4.69, 9.17) is 4.74 Å². The van der Waals surface area contributed by atoms with Crippen molar-refractivity contribution >= 4 is 0 Å². The summed E-state index contributed by atoms with van der Waals surface area (Å²) in [6.45, 7) is 7.03. The first-order valence-electron chi connectivity index (χ1n) is 9.30. The summed E-state index contributed by atoms with van der Waals surface area (Å²) in [5.41, 5.74) is 3.46. The number of aliphatic hydroxyl groups is 1. The summed E-state index contributed by atoms with van der Waals surface area (Å²) < 4.78 is 5.23. The fourth-order valence-corrected chi connectivity index (χ4v) is 3.62. The zero-order valence-electron chi connectivity index (χ0n) is 15.8. The van der Waals surface area contributed by atoms with E-state index in [0.29, 0.717) is 6.04 Å². The summed E-state index contributed by atoms with van der Waals surface area (Å²) in [6.07, 6.45) is 0.797. The molecule has 2 aromatic rings. The van der Waals surface area contributed by atoms with Crippen LogP contribution in [0.3, 0.4) is 0 Å². The molecule has 1 aliphatic heterocycles. The van der Waals surface area contributed by atoms with Gasteiger partial charge in [0.2, 0.25) is 0 Å². The zero-order valence-corrected chi connectivity index (χ0v) is 15.8. The lowest BCUT2D eigenvalue weighted by Crippen LogP contribution is -2.52. The predicted molar refractivity (Wildman–Crippen MR) is 103 cm³/mol. The van der Waals surface area contributed by atoms with Crippen molar-refractivity contribution in [2.24, 2.45) is 0 Å². The second-order valence-electron chi connectivity index (χ2n) is 6.99. The summed E-state index contributed by atoms with van der Waals surface area (Å²) in [4.78, 5) is 9.57. The van der Waals surface area contributed by atoms with Crippen LogP contribution in [0.15, 0.2) is 42.5 Å². The number of aromatic nitrogens is 1. The van der Waals surface area contributed by atoms with Crippen LogP contribution >= 0.6 is 0 Å². The second-order valence-corrected chi connectivity index (χ2v) is 6.99. The first-order chi connectivity index (χ1) is 12.7. The van der Waals surface area contributed by atoms with Gasteiger partial charge in [-0.25, -0.2) is 0 Å². The summed E-state index contributed by atoms with van der Waals surface area (Å²) in [5.74, 6) is 0.891. The lowest BCUT2D eigenvalue weighted by molar-refractivity contribution is 0.0491. The maximum absolute atomic E-state index is 9.51. The van der Waals surface area contributed by atoms with E-state index in [1.54, 1.807) is 7.11 Å². The molecule has 1 aromatic heterocycles. The third-order valence-corrected chi connectivity index (χ3v) is 5.03. The standard InChI is InChI=1S/C21H29N3O2/c1-17-4-3-5-19(22-17)15-24-12-11-23(16-20(24)10-13-25)14-18-6-8-21(26-2)9-7-18/h3-9,20,25H,10-16H2,1-2H3. The van der Waals surface area contributed by atoms with E-state index >= 15 is 0 Å². The summed E-state index contributed by atoms with van der Waals surface area (Å²) in [5, 5.41) is 9.51. The first kappa shape index (κ1) is 18.8. The largest absolute Gasteiger partial charge is 0.497 e. The van der Waals surface area contributed by atoms with E-state index in [9.17, 15) is 5.11 Å². The molecule has 26 heavy (non-hydrogen) atoms. The first-order valence-corrected chi connectivity index (χ1v) is 9.30. The normalized spacial score (nSPS) is 18.8. The van der Waals surface area contributed by atoms with E-state index in [1.807, 2.05) is 25.1 Å². The highest BCUT2D eigenvalue weighted by molar-refractivity contribution is 5.27. The maximum Gasteiger partial charge on any atom is 0.118 e. The molecule has 1 aliphatic rings. The van der Waals surface area contributed by atoms with Gasteiger partial charge in [0.1, 0.15) is 5.75 Å². The Morgan fingerprint density at radius 3 is 2.62 bits per heavy atom. The van der Waals surface area contributed by atoms with Crippen LogP contribution in [0.5, 0.6) is 5.75 Å². The van der Waals surface area contributed by atoms with E-state index in [2.05, 4.69) is 39.0 Å². The van der Waals surface area contributed by atoms with Gasteiger partial charge in [0.05, 0.1) is 12.8 Å². The van der Waals surface area contributed by atoms with E-state index in [1.165, 1.54) is 5.56 Å². The number of pyridine rings is 1. The number of benzene rings is 1. The monoisotopic (exact) mass is 355 g/mol. The molecule has 1 atom stereocenters. The molecule has 5 nitrogen and oxygen atoms in total. The summed E-state index contributed by atoms with van der Waals surface area (Å²) in [6, 6.07) is 14.8. The Labute approximate surface area is 156 Å². The summed E-state index contributed by atoms with van der Waals surface area (Å²) in [7, 11) is 1.69. The molecule has 2 heterocycles. The Morgan fingerprint density at radius 1 is 1.12 bits per heavy atom. The molecule has 1 fully saturated rings. The lowest BCUT2D eigenvalue weighted by atomic mass is 10.1. The second kappa shape index (κ2) is 9.12. The van der Waals surface area contributed by atoms with Crippen molar-refractivity contribution < 1.29 is 9.84 Å². The van der Waals surface area contributed by atoms with Crippen molar-refractivity contribution in [2.45, 2.75) is 32.5 Å². The molecule has 0 radical (unpaired) electrons. The lowest BCUT2D eigenvalue weighted by Gasteiger charge is -2.41. The predicted octanol–water partition coefficient (Wildman–Crippen LogP) is 2.47. The van der Waals surface area contributed by atoms with Gasteiger partial charge in [0, 0.05) is 51.1 Å². The molecule has 1 saturated heterocycles. The third-order valence-electron chi connectivity index (χ3n) is 5.03. The SMILES string of the molecule is COc1ccc(CN2CCN(Cc3cccc(C)n3)C(CCO)C2)cc1. The zero-order chi connectivity index (χ0) is 18.4. The van der Waals surface area contributed by atoms with Crippen molar-refractivity contribution in [3.05, 3.63) is 59.4 Å². The maximum atomic E-state index is 9.51. The van der Waals surface area contributed by atoms with Gasteiger partial charge in [-0.3, -0.25) is 14.8 Å². The van der Waals surface area contributed by atoms with Gasteiger partial charge in [-0.2, -0.15) is 0 Å². The molecular weight excluding hydrogens is 326 g/mol. The molecule has 140 valence electrons. The number of nitrogens with zero attached hydrogens (tertiary/aromatic N) is 3. The van der Waals surface area contributed by atoms with Crippen molar-refractivity contribution in [1.82, 2.24) is 14.8 Å². The molecule has 0 aliphatic carbocycles. The van der Waals surface area contributed by atoms with Gasteiger partial charge < -0.3 is 9.84 Å². The Hall–Kier alpha value is -1.95. The number of aryl methyl sites for hydroxylation is 1. The van der Waals surface area contributed by atoms with Crippen molar-refractivity contribution in [3.63, 3.8) is 0 Å². The Bertz CT molecular complexity index is 690. The Balaban J connectivity index is 1.61. The average molecular weight is 355 g/mol. The van der Waals surface area contributed by atoms with Crippen LogP contribution in [-0.2, 0) is 13.1 Å². The highest BCUT2D eigenvalue weighted by Crippen LogP contribution is 2.19. The molecule has 0 amide bonds. The number of ether oxygens (including phenoxy) is 1. The van der Waals surface area contributed by atoms with Crippen LogP contribution in [-0.4, -0.2) is 59.3 Å². The molecule has 1 unspecified atom stereocenters. The topological polar surface area (TPSA) is 48.8 Å². The van der Waals surface area contributed by atoms with E-state index in [-0.39, 0.29) is 6.61 Å². The summed E-state index contributed by atoms with van der Waals surface area (Å²) >= 11 is 0. The minimum Gasteiger partial charge on any atom is -0.497 e. The number of aliphatic hydroxyl groups excluding tert-OH is 1. The minimum atomic E-state index is 0.221. The Kier molecular flexibility index (Phi) is 6.61. The van der Waals surface area contributed by atoms with Crippen molar-refractivity contribution in [1.29, 1.82) is 0 Å². The van der Waals surface area contributed by atoms with Crippen LogP contribution in [0, 0.1) is 6.92 Å². The molecule has 1 aromatic carbocycles. The van der Waals surface area contributed by atoms with Gasteiger partial charge in [-0.05, 0) is 43.2 Å². The number of hydrogen-bond donors (Lipinski definition) is 1. The molecule has 0 spiro atoms. The van der Waals surface area contributed by atoms with Crippen LogP contribution in [0.25, 0.3) is 0 Å². The number of methoxy groups -OCH3 is 1. The highest BCUT2D eigenvalue weighted by Gasteiger charge is 2.26. The van der Waals surface area contributed by atoms with Gasteiger partial charge >= 0.3 is 0 Å². The van der Waals surface area contributed by atoms with E-state index in [0.717, 1.165) is 56.3 Å². The average Bonchev–Trinajstić information content (AvgIpc) is 2.65. The molecule has 0 bridgehead atoms. The van der Waals surface area contributed by atoms with Gasteiger partial charge in [0.25, 0.3) is 0 Å².